The molecule has 0 aliphatic carbocycles. The third-order valence-corrected chi connectivity index (χ3v) is 3.91. The summed E-state index contributed by atoms with van der Waals surface area (Å²) in [5.74, 6) is 0. The van der Waals surface area contributed by atoms with E-state index in [1.165, 1.54) is 19.2 Å². The number of aliphatic imine (C=N–C) groups is 2. The molecule has 0 N–H and O–H groups in total. The van der Waals surface area contributed by atoms with Gasteiger partial charge < -0.3 is 0 Å². The van der Waals surface area contributed by atoms with E-state index in [2.05, 4.69) is 16.0 Å². The van der Waals surface area contributed by atoms with E-state index >= 15 is 0 Å². The summed E-state index contributed by atoms with van der Waals surface area (Å²) in [5.41, 5.74) is -5.28. The SMILES string of the molecule is CN=C=Nc1ccc(C(c2ccc(C)cc2)(C(F)(F)F)C(F)(F)F)cc1. The van der Waals surface area contributed by atoms with Crippen LogP contribution in [-0.2, 0) is 5.41 Å². The van der Waals surface area contributed by atoms with Gasteiger partial charge in [-0.25, -0.2) is 4.99 Å². The summed E-state index contributed by atoms with van der Waals surface area (Å²) >= 11 is 0. The average Bonchev–Trinajstić information content (AvgIpc) is 2.54. The van der Waals surface area contributed by atoms with Crippen LogP contribution in [0.4, 0.5) is 32.0 Å². The van der Waals surface area contributed by atoms with Gasteiger partial charge in [-0.1, -0.05) is 42.0 Å². The van der Waals surface area contributed by atoms with Crippen LogP contribution in [0.15, 0.2) is 58.5 Å². The van der Waals surface area contributed by atoms with Crippen molar-refractivity contribution in [2.24, 2.45) is 9.98 Å². The molecule has 138 valence electrons. The van der Waals surface area contributed by atoms with Gasteiger partial charge in [0.2, 0.25) is 5.41 Å². The van der Waals surface area contributed by atoms with Crippen LogP contribution >= 0.6 is 0 Å². The lowest BCUT2D eigenvalue weighted by Crippen LogP contribution is -2.54. The summed E-state index contributed by atoms with van der Waals surface area (Å²) in [7, 11) is 1.38. The number of benzene rings is 2. The van der Waals surface area contributed by atoms with Crippen LogP contribution in [0.3, 0.4) is 0 Å². The molecule has 0 fully saturated rings. The van der Waals surface area contributed by atoms with Crippen LogP contribution in [0.5, 0.6) is 0 Å². The maximum Gasteiger partial charge on any atom is 0.411 e. The lowest BCUT2D eigenvalue weighted by atomic mass is 9.72. The Morgan fingerprint density at radius 2 is 1.15 bits per heavy atom. The molecule has 26 heavy (non-hydrogen) atoms. The first-order valence-corrected chi connectivity index (χ1v) is 7.39. The fraction of sp³-hybridized carbons (Fsp3) is 0.278. The van der Waals surface area contributed by atoms with Crippen molar-refractivity contribution in [3.05, 3.63) is 65.2 Å². The maximum absolute atomic E-state index is 13.9. The zero-order valence-electron chi connectivity index (χ0n) is 13.8. The molecule has 2 aromatic rings. The molecular weight excluding hydrogens is 358 g/mol. The fourth-order valence-electron chi connectivity index (χ4n) is 2.68. The maximum atomic E-state index is 13.9. The first kappa shape index (κ1) is 19.7. The molecule has 0 unspecified atom stereocenters. The number of halogens is 6. The van der Waals surface area contributed by atoms with Gasteiger partial charge in [0, 0.05) is 7.05 Å². The molecule has 2 rings (SSSR count). The van der Waals surface area contributed by atoms with Crippen LogP contribution in [0.1, 0.15) is 16.7 Å². The van der Waals surface area contributed by atoms with Crippen molar-refractivity contribution in [3.63, 3.8) is 0 Å². The van der Waals surface area contributed by atoms with Crippen molar-refractivity contribution >= 4 is 11.7 Å². The van der Waals surface area contributed by atoms with Crippen molar-refractivity contribution in [3.8, 4) is 0 Å². The Hall–Kier alpha value is -2.60. The van der Waals surface area contributed by atoms with Crippen molar-refractivity contribution in [1.29, 1.82) is 0 Å². The predicted octanol–water partition coefficient (Wildman–Crippen LogP) is 5.84. The van der Waals surface area contributed by atoms with Crippen LogP contribution in [0, 0.1) is 6.92 Å². The molecule has 0 atom stereocenters. The highest BCUT2D eigenvalue weighted by atomic mass is 19.4. The van der Waals surface area contributed by atoms with Gasteiger partial charge in [-0.15, -0.1) is 0 Å². The Morgan fingerprint density at radius 1 is 0.731 bits per heavy atom. The average molecular weight is 372 g/mol. The van der Waals surface area contributed by atoms with E-state index in [9.17, 15) is 26.3 Å². The second-order valence-corrected chi connectivity index (χ2v) is 5.59. The number of hydrogen-bond acceptors (Lipinski definition) is 2. The molecule has 0 bridgehead atoms. The first-order valence-electron chi connectivity index (χ1n) is 7.39. The lowest BCUT2D eigenvalue weighted by Gasteiger charge is -2.38. The summed E-state index contributed by atoms with van der Waals surface area (Å²) < 4.78 is 83.3. The van der Waals surface area contributed by atoms with Gasteiger partial charge in [0.25, 0.3) is 0 Å². The normalized spacial score (nSPS) is 12.5. The number of aryl methyl sites for hydroxylation is 1. The Kier molecular flexibility index (Phi) is 5.28. The predicted molar refractivity (Wildman–Crippen MR) is 86.0 cm³/mol. The molecule has 0 spiro atoms. The minimum Gasteiger partial charge on any atom is -0.229 e. The molecule has 0 aliphatic heterocycles. The molecule has 0 saturated heterocycles. The summed E-state index contributed by atoms with van der Waals surface area (Å²) in [4.78, 5) is 7.14. The fourth-order valence-corrected chi connectivity index (χ4v) is 2.68. The number of alkyl halides is 6. The van der Waals surface area contributed by atoms with Crippen LogP contribution in [0.2, 0.25) is 0 Å². The zero-order valence-corrected chi connectivity index (χ0v) is 13.8. The van der Waals surface area contributed by atoms with Gasteiger partial charge in [-0.05, 0) is 30.2 Å². The summed E-state index contributed by atoms with van der Waals surface area (Å²) in [5, 5.41) is 0. The van der Waals surface area contributed by atoms with Gasteiger partial charge in [0.15, 0.2) is 0 Å². The van der Waals surface area contributed by atoms with E-state index in [1.807, 2.05) is 0 Å². The van der Waals surface area contributed by atoms with Crippen molar-refractivity contribution < 1.29 is 26.3 Å². The summed E-state index contributed by atoms with van der Waals surface area (Å²) in [6.45, 7) is 1.58. The quantitative estimate of drug-likeness (QED) is 0.478. The minimum atomic E-state index is -5.60. The molecule has 0 aliphatic rings. The Morgan fingerprint density at radius 3 is 1.54 bits per heavy atom. The zero-order chi connectivity index (χ0) is 19.6. The number of nitrogens with zero attached hydrogens (tertiary/aromatic N) is 2. The van der Waals surface area contributed by atoms with E-state index in [0.717, 1.165) is 36.4 Å². The van der Waals surface area contributed by atoms with Gasteiger partial charge in [-0.3, -0.25) is 0 Å². The van der Waals surface area contributed by atoms with E-state index in [0.29, 0.717) is 5.56 Å². The molecule has 0 aromatic heterocycles. The van der Waals surface area contributed by atoms with Gasteiger partial charge in [0.1, 0.15) is 0 Å². The van der Waals surface area contributed by atoms with Crippen LogP contribution in [0.25, 0.3) is 0 Å². The molecule has 0 heterocycles. The van der Waals surface area contributed by atoms with Crippen molar-refractivity contribution in [2.75, 3.05) is 7.05 Å². The lowest BCUT2D eigenvalue weighted by molar-refractivity contribution is -0.288. The Bertz CT molecular complexity index is 797. The smallest absolute Gasteiger partial charge is 0.229 e. The first-order chi connectivity index (χ1) is 12.0. The highest BCUT2D eigenvalue weighted by molar-refractivity contribution is 5.54. The number of hydrogen-bond donors (Lipinski definition) is 0. The number of rotatable bonds is 3. The Labute approximate surface area is 145 Å². The molecule has 2 aromatic carbocycles. The topological polar surface area (TPSA) is 24.7 Å². The standard InChI is InChI=1S/C18H14F6N2/c1-12-3-5-13(6-4-12)16(17(19,20)21,18(22,23)24)14-7-9-15(10-8-14)26-11-25-2/h3-10H,1-2H3. The van der Waals surface area contributed by atoms with Gasteiger partial charge >= 0.3 is 12.4 Å². The largest absolute Gasteiger partial charge is 0.411 e. The molecule has 8 heteroatoms. The Balaban J connectivity index is 2.79. The van der Waals surface area contributed by atoms with Crippen LogP contribution in [-0.4, -0.2) is 25.4 Å². The summed E-state index contributed by atoms with van der Waals surface area (Å²) in [6.07, 6.45) is -11.2. The highest BCUT2D eigenvalue weighted by Crippen LogP contribution is 2.56. The summed E-state index contributed by atoms with van der Waals surface area (Å²) in [6, 6.07) is 10.1. The molecular formula is C18H14F6N2. The monoisotopic (exact) mass is 372 g/mol. The molecule has 0 saturated carbocycles. The third-order valence-electron chi connectivity index (χ3n) is 3.91. The second-order valence-electron chi connectivity index (χ2n) is 5.59. The van der Waals surface area contributed by atoms with E-state index in [4.69, 9.17) is 0 Å². The van der Waals surface area contributed by atoms with E-state index in [-0.39, 0.29) is 5.69 Å². The molecule has 0 amide bonds. The third kappa shape index (κ3) is 3.37. The highest BCUT2D eigenvalue weighted by Gasteiger charge is 2.72. The molecule has 0 radical (unpaired) electrons. The van der Waals surface area contributed by atoms with E-state index in [1.54, 1.807) is 6.92 Å². The van der Waals surface area contributed by atoms with Crippen molar-refractivity contribution in [1.82, 2.24) is 0 Å². The van der Waals surface area contributed by atoms with Gasteiger partial charge in [0.05, 0.1) is 11.7 Å². The molecule has 2 nitrogen and oxygen atoms in total. The minimum absolute atomic E-state index is 0.140. The van der Waals surface area contributed by atoms with E-state index < -0.39 is 28.9 Å². The van der Waals surface area contributed by atoms with Crippen molar-refractivity contribution in [2.45, 2.75) is 24.7 Å². The van der Waals surface area contributed by atoms with Crippen LogP contribution < -0.4 is 0 Å². The second kappa shape index (κ2) is 6.96. The van der Waals surface area contributed by atoms with Gasteiger partial charge in [-0.2, -0.15) is 31.3 Å².